The molecule has 2 aromatic carbocycles. The second kappa shape index (κ2) is 10.4. The number of anilines is 1. The number of piperidine rings is 1. The molecule has 2 aliphatic rings. The van der Waals surface area contributed by atoms with Gasteiger partial charge in [0.15, 0.2) is 0 Å². The van der Waals surface area contributed by atoms with Crippen molar-refractivity contribution >= 4 is 22.6 Å². The predicted molar refractivity (Wildman–Crippen MR) is 147 cm³/mol. The molecule has 204 valence electrons. The molecule has 0 unspecified atom stereocenters. The van der Waals surface area contributed by atoms with E-state index in [1.807, 2.05) is 17.6 Å². The highest BCUT2D eigenvalue weighted by molar-refractivity contribution is 5.90. The Morgan fingerprint density at radius 1 is 1.24 bits per heavy atom. The first-order valence-corrected chi connectivity index (χ1v) is 13.6. The number of methoxy groups -OCH3 is 1. The zero-order valence-electron chi connectivity index (χ0n) is 23.1. The molecule has 0 radical (unpaired) electrons. The molecule has 1 amide bonds. The van der Waals surface area contributed by atoms with Crippen LogP contribution in [0.2, 0.25) is 0 Å². The summed E-state index contributed by atoms with van der Waals surface area (Å²) in [7, 11) is 1.73. The zero-order valence-corrected chi connectivity index (χ0v) is 23.1. The van der Waals surface area contributed by atoms with Crippen molar-refractivity contribution in [3.63, 3.8) is 0 Å². The van der Waals surface area contributed by atoms with Gasteiger partial charge in [-0.25, -0.2) is 9.37 Å². The monoisotopic (exact) mass is 522 g/mol. The highest BCUT2D eigenvalue weighted by Gasteiger charge is 2.37. The van der Waals surface area contributed by atoms with E-state index in [0.717, 1.165) is 44.6 Å². The summed E-state index contributed by atoms with van der Waals surface area (Å²) in [6.45, 7) is 9.64. The number of hydrogen-bond donors (Lipinski definition) is 2. The van der Waals surface area contributed by atoms with Crippen molar-refractivity contribution in [1.82, 2.24) is 14.5 Å². The third kappa shape index (κ3) is 5.22. The zero-order chi connectivity index (χ0) is 27.2. The summed E-state index contributed by atoms with van der Waals surface area (Å²) in [5.41, 5.74) is 4.31. The SMILES string of the molecule is CCC(=O)Nc1ccc2c(c1)C[C@H](CN1CC[C@H](n3c(C(C)(C)O)nc4cc(C)c(F)cc43)[C@H](OC)C1)C2. The fraction of sp³-hybridized carbons (Fsp3) is 0.533. The van der Waals surface area contributed by atoms with E-state index in [4.69, 9.17) is 9.72 Å². The number of aromatic nitrogens is 2. The number of carbonyl (C=O) groups is 1. The molecule has 2 heterocycles. The molecule has 38 heavy (non-hydrogen) atoms. The Morgan fingerprint density at radius 3 is 2.71 bits per heavy atom. The standard InChI is InChI=1S/C30H39FN4O3/c1-6-28(36)32-22-8-7-20-12-19(13-21(20)14-22)16-34-10-9-25(27(17-34)38-5)35-26-15-23(31)18(2)11-24(26)33-29(35)30(3,4)37/h7-8,11,14-15,19,25,27,37H,6,9-10,12-13,16-17H2,1-5H3,(H,32,36)/t19-,25+,27-/m1/s1. The van der Waals surface area contributed by atoms with Gasteiger partial charge in [-0.2, -0.15) is 0 Å². The van der Waals surface area contributed by atoms with Crippen molar-refractivity contribution in [3.8, 4) is 0 Å². The summed E-state index contributed by atoms with van der Waals surface area (Å²) in [5, 5.41) is 13.9. The maximum Gasteiger partial charge on any atom is 0.224 e. The number of amides is 1. The van der Waals surface area contributed by atoms with Crippen LogP contribution in [0.5, 0.6) is 0 Å². The summed E-state index contributed by atoms with van der Waals surface area (Å²) in [5.74, 6) is 0.805. The molecule has 5 rings (SSSR count). The molecule has 0 spiro atoms. The van der Waals surface area contributed by atoms with Crippen molar-refractivity contribution in [3.05, 3.63) is 58.7 Å². The van der Waals surface area contributed by atoms with Gasteiger partial charge < -0.3 is 24.6 Å². The molecule has 2 N–H and O–H groups in total. The Kier molecular flexibility index (Phi) is 7.33. The number of halogens is 1. The van der Waals surface area contributed by atoms with Gasteiger partial charge in [-0.1, -0.05) is 13.0 Å². The molecule has 7 nitrogen and oxygen atoms in total. The molecule has 1 aromatic heterocycles. The molecule has 3 atom stereocenters. The van der Waals surface area contributed by atoms with Gasteiger partial charge in [0.25, 0.3) is 0 Å². The van der Waals surface area contributed by atoms with Crippen LogP contribution in [-0.4, -0.2) is 58.3 Å². The van der Waals surface area contributed by atoms with E-state index in [1.165, 1.54) is 11.1 Å². The van der Waals surface area contributed by atoms with Crippen molar-refractivity contribution in [2.45, 2.75) is 71.1 Å². The number of nitrogens with zero attached hydrogens (tertiary/aromatic N) is 3. The number of aliphatic hydroxyl groups is 1. The lowest BCUT2D eigenvalue weighted by atomic mass is 9.97. The first-order valence-electron chi connectivity index (χ1n) is 13.6. The Morgan fingerprint density at radius 2 is 2.00 bits per heavy atom. The topological polar surface area (TPSA) is 79.6 Å². The van der Waals surface area contributed by atoms with Gasteiger partial charge >= 0.3 is 0 Å². The molecule has 1 saturated heterocycles. The van der Waals surface area contributed by atoms with Crippen molar-refractivity contribution < 1.29 is 19.0 Å². The highest BCUT2D eigenvalue weighted by atomic mass is 19.1. The van der Waals surface area contributed by atoms with Gasteiger partial charge in [0.05, 0.1) is 23.2 Å². The fourth-order valence-corrected chi connectivity index (χ4v) is 6.18. The summed E-state index contributed by atoms with van der Waals surface area (Å²) in [6, 6.07) is 9.50. The van der Waals surface area contributed by atoms with E-state index in [9.17, 15) is 14.3 Å². The van der Waals surface area contributed by atoms with Gasteiger partial charge in [-0.05, 0) is 80.8 Å². The van der Waals surface area contributed by atoms with Crippen molar-refractivity contribution in [1.29, 1.82) is 0 Å². The molecular formula is C30H39FN4O3. The summed E-state index contributed by atoms with van der Waals surface area (Å²) in [6.07, 6.45) is 3.19. The van der Waals surface area contributed by atoms with Crippen LogP contribution in [0.15, 0.2) is 30.3 Å². The van der Waals surface area contributed by atoms with E-state index in [2.05, 4.69) is 22.3 Å². The van der Waals surface area contributed by atoms with Crippen molar-refractivity contribution in [2.75, 3.05) is 32.1 Å². The van der Waals surface area contributed by atoms with E-state index in [0.29, 0.717) is 34.8 Å². The number of ether oxygens (including phenoxy) is 1. The van der Waals surface area contributed by atoms with Gasteiger partial charge in [0.1, 0.15) is 17.2 Å². The molecule has 0 saturated carbocycles. The predicted octanol–water partition coefficient (Wildman–Crippen LogP) is 4.74. The van der Waals surface area contributed by atoms with Crippen LogP contribution in [0.3, 0.4) is 0 Å². The Balaban J connectivity index is 1.32. The maximum atomic E-state index is 14.6. The minimum Gasteiger partial charge on any atom is -0.383 e. The number of benzene rings is 2. The van der Waals surface area contributed by atoms with E-state index >= 15 is 0 Å². The summed E-state index contributed by atoms with van der Waals surface area (Å²) < 4.78 is 22.7. The lowest BCUT2D eigenvalue weighted by Crippen LogP contribution is -2.47. The van der Waals surface area contributed by atoms with Crippen LogP contribution in [0.1, 0.15) is 62.2 Å². The molecule has 1 fully saturated rings. The minimum absolute atomic E-state index is 0.0317. The molecule has 8 heteroatoms. The van der Waals surface area contributed by atoms with Crippen LogP contribution in [0.4, 0.5) is 10.1 Å². The minimum atomic E-state index is -1.18. The lowest BCUT2D eigenvalue weighted by molar-refractivity contribution is -0.115. The molecule has 3 aromatic rings. The summed E-state index contributed by atoms with van der Waals surface area (Å²) in [4.78, 5) is 19.0. The summed E-state index contributed by atoms with van der Waals surface area (Å²) >= 11 is 0. The number of imidazole rings is 1. The van der Waals surface area contributed by atoms with Crippen LogP contribution in [0, 0.1) is 18.7 Å². The van der Waals surface area contributed by atoms with Crippen LogP contribution < -0.4 is 5.32 Å². The number of rotatable bonds is 7. The quantitative estimate of drug-likeness (QED) is 0.469. The molecular weight excluding hydrogens is 483 g/mol. The second-order valence-electron chi connectivity index (χ2n) is 11.5. The number of fused-ring (bicyclic) bond motifs is 2. The average Bonchev–Trinajstić information content (AvgIpc) is 3.44. The van der Waals surface area contributed by atoms with E-state index < -0.39 is 5.60 Å². The number of hydrogen-bond acceptors (Lipinski definition) is 5. The molecule has 1 aliphatic carbocycles. The van der Waals surface area contributed by atoms with Crippen LogP contribution in [-0.2, 0) is 28.0 Å². The fourth-order valence-electron chi connectivity index (χ4n) is 6.18. The number of nitrogens with one attached hydrogen (secondary N) is 1. The Bertz CT molecular complexity index is 1350. The van der Waals surface area contributed by atoms with E-state index in [1.54, 1.807) is 40.0 Å². The van der Waals surface area contributed by atoms with Gasteiger partial charge in [0.2, 0.25) is 5.91 Å². The first kappa shape index (κ1) is 26.8. The highest BCUT2D eigenvalue weighted by Crippen LogP contribution is 2.36. The number of likely N-dealkylation sites (tertiary alicyclic amines) is 1. The smallest absolute Gasteiger partial charge is 0.224 e. The average molecular weight is 523 g/mol. The normalized spacial score (nSPS) is 22.1. The van der Waals surface area contributed by atoms with Crippen LogP contribution in [0.25, 0.3) is 11.0 Å². The third-order valence-corrected chi connectivity index (χ3v) is 8.10. The van der Waals surface area contributed by atoms with Crippen molar-refractivity contribution in [2.24, 2.45) is 5.92 Å². The maximum absolute atomic E-state index is 14.6. The second-order valence-corrected chi connectivity index (χ2v) is 11.5. The van der Waals surface area contributed by atoms with Gasteiger partial charge in [0, 0.05) is 44.9 Å². The van der Waals surface area contributed by atoms with Crippen LogP contribution >= 0.6 is 0 Å². The number of carbonyl (C=O) groups excluding carboxylic acids is 1. The van der Waals surface area contributed by atoms with Gasteiger partial charge in [-0.3, -0.25) is 4.79 Å². The lowest BCUT2D eigenvalue weighted by Gasteiger charge is -2.40. The first-order chi connectivity index (χ1) is 18.1. The van der Waals surface area contributed by atoms with E-state index in [-0.39, 0.29) is 23.9 Å². The largest absolute Gasteiger partial charge is 0.383 e. The molecule has 0 bridgehead atoms. The Labute approximate surface area is 224 Å². The third-order valence-electron chi connectivity index (χ3n) is 8.10. The number of aryl methyl sites for hydroxylation is 1. The molecule has 1 aliphatic heterocycles. The Hall–Kier alpha value is -2.81. The van der Waals surface area contributed by atoms with Gasteiger partial charge in [-0.15, -0.1) is 0 Å².